The lowest BCUT2D eigenvalue weighted by atomic mass is 10.2. The Labute approximate surface area is 114 Å². The smallest absolute Gasteiger partial charge is 0.270 e. The van der Waals surface area contributed by atoms with E-state index in [9.17, 15) is 19.7 Å². The lowest BCUT2D eigenvalue weighted by Gasteiger charge is -2.06. The topological polar surface area (TPSA) is 101 Å². The molecule has 0 unspecified atom stereocenters. The average molecular weight is 286 g/mol. The van der Waals surface area contributed by atoms with E-state index in [1.165, 1.54) is 19.2 Å². The molecular weight excluding hydrogens is 274 g/mol. The van der Waals surface area contributed by atoms with Gasteiger partial charge in [0.25, 0.3) is 11.6 Å². The second-order valence-electron chi connectivity index (χ2n) is 3.60. The van der Waals surface area contributed by atoms with Crippen LogP contribution in [0.3, 0.4) is 0 Å². The van der Waals surface area contributed by atoms with Crippen molar-refractivity contribution < 1.29 is 14.5 Å². The molecule has 1 aromatic rings. The number of nitrogens with zero attached hydrogens (tertiary/aromatic N) is 1. The van der Waals surface area contributed by atoms with Crippen molar-refractivity contribution in [2.24, 2.45) is 0 Å². The van der Waals surface area contributed by atoms with Crippen LogP contribution in [-0.2, 0) is 4.79 Å². The lowest BCUT2D eigenvalue weighted by Crippen LogP contribution is -2.29. The Hall–Kier alpha value is -2.15. The van der Waals surface area contributed by atoms with Crippen molar-refractivity contribution in [1.82, 2.24) is 10.6 Å². The molecular formula is C11H12ClN3O4. The molecule has 0 atom stereocenters. The van der Waals surface area contributed by atoms with Crippen molar-refractivity contribution in [3.05, 3.63) is 38.9 Å². The van der Waals surface area contributed by atoms with Gasteiger partial charge in [-0.3, -0.25) is 19.7 Å². The van der Waals surface area contributed by atoms with Gasteiger partial charge in [0, 0.05) is 32.1 Å². The van der Waals surface area contributed by atoms with E-state index in [1.54, 1.807) is 0 Å². The summed E-state index contributed by atoms with van der Waals surface area (Å²) in [6.45, 7) is 0.159. The van der Waals surface area contributed by atoms with Crippen LogP contribution < -0.4 is 10.6 Å². The van der Waals surface area contributed by atoms with E-state index in [0.717, 1.165) is 6.07 Å². The molecule has 0 fully saturated rings. The van der Waals surface area contributed by atoms with Crippen molar-refractivity contribution in [2.75, 3.05) is 13.6 Å². The second-order valence-corrected chi connectivity index (χ2v) is 4.01. The van der Waals surface area contributed by atoms with E-state index in [0.29, 0.717) is 0 Å². The third-order valence-corrected chi connectivity index (χ3v) is 2.64. The molecule has 0 saturated carbocycles. The first-order chi connectivity index (χ1) is 8.95. The molecule has 0 aliphatic rings. The monoisotopic (exact) mass is 285 g/mol. The third-order valence-electron chi connectivity index (χ3n) is 2.32. The summed E-state index contributed by atoms with van der Waals surface area (Å²) in [7, 11) is 1.50. The van der Waals surface area contributed by atoms with Crippen LogP contribution in [0.2, 0.25) is 5.02 Å². The van der Waals surface area contributed by atoms with Crippen molar-refractivity contribution >= 4 is 29.1 Å². The summed E-state index contributed by atoms with van der Waals surface area (Å²) in [5.41, 5.74) is -0.0592. The maximum absolute atomic E-state index is 11.7. The first-order valence-corrected chi connectivity index (χ1v) is 5.76. The number of carbonyl (C=O) groups is 2. The van der Waals surface area contributed by atoms with Gasteiger partial charge in [0.1, 0.15) is 0 Å². The quantitative estimate of drug-likeness (QED) is 0.625. The average Bonchev–Trinajstić information content (AvgIpc) is 2.37. The first kappa shape index (κ1) is 14.9. The summed E-state index contributed by atoms with van der Waals surface area (Å²) in [5, 5.41) is 15.4. The number of benzene rings is 1. The number of rotatable bonds is 5. The zero-order chi connectivity index (χ0) is 14.4. The molecule has 0 bridgehead atoms. The molecule has 2 amide bonds. The van der Waals surface area contributed by atoms with Crippen LogP contribution in [0.15, 0.2) is 18.2 Å². The van der Waals surface area contributed by atoms with E-state index in [2.05, 4.69) is 10.6 Å². The van der Waals surface area contributed by atoms with Crippen molar-refractivity contribution in [1.29, 1.82) is 0 Å². The fourth-order valence-electron chi connectivity index (χ4n) is 1.31. The van der Waals surface area contributed by atoms with E-state index >= 15 is 0 Å². The highest BCUT2D eigenvalue weighted by Gasteiger charge is 2.14. The minimum absolute atomic E-state index is 0.00774. The van der Waals surface area contributed by atoms with Gasteiger partial charge in [-0.25, -0.2) is 0 Å². The van der Waals surface area contributed by atoms with Gasteiger partial charge in [-0.05, 0) is 6.07 Å². The molecule has 8 heteroatoms. The summed E-state index contributed by atoms with van der Waals surface area (Å²) in [6, 6.07) is 3.57. The van der Waals surface area contributed by atoms with Crippen molar-refractivity contribution in [3.8, 4) is 0 Å². The van der Waals surface area contributed by atoms with E-state index in [-0.39, 0.29) is 35.1 Å². The number of hydrogen-bond acceptors (Lipinski definition) is 4. The van der Waals surface area contributed by atoms with Crippen LogP contribution in [0.1, 0.15) is 16.8 Å². The molecule has 0 saturated heterocycles. The molecule has 2 N–H and O–H groups in total. The molecule has 1 rings (SSSR count). The fraction of sp³-hybridized carbons (Fsp3) is 0.273. The Kier molecular flexibility index (Phi) is 5.25. The molecule has 102 valence electrons. The highest BCUT2D eigenvalue weighted by Crippen LogP contribution is 2.22. The SMILES string of the molecule is CNC(=O)CCNC(=O)c1ccc([N+](=O)[O-])cc1Cl. The van der Waals surface area contributed by atoms with Gasteiger partial charge in [-0.15, -0.1) is 0 Å². The predicted octanol–water partition coefficient (Wildman–Crippen LogP) is 1.11. The van der Waals surface area contributed by atoms with Gasteiger partial charge >= 0.3 is 0 Å². The van der Waals surface area contributed by atoms with Gasteiger partial charge < -0.3 is 10.6 Å². The van der Waals surface area contributed by atoms with Crippen LogP contribution in [0.25, 0.3) is 0 Å². The number of carbonyl (C=O) groups excluding carboxylic acids is 2. The van der Waals surface area contributed by atoms with Crippen LogP contribution in [0.4, 0.5) is 5.69 Å². The Morgan fingerprint density at radius 2 is 2.11 bits per heavy atom. The zero-order valence-corrected chi connectivity index (χ0v) is 10.9. The van der Waals surface area contributed by atoms with E-state index < -0.39 is 10.8 Å². The van der Waals surface area contributed by atoms with E-state index in [1.807, 2.05) is 0 Å². The fourth-order valence-corrected chi connectivity index (χ4v) is 1.57. The number of nitro benzene ring substituents is 1. The van der Waals surface area contributed by atoms with Gasteiger partial charge in [-0.2, -0.15) is 0 Å². The number of nitro groups is 1. The lowest BCUT2D eigenvalue weighted by molar-refractivity contribution is -0.384. The molecule has 0 spiro atoms. The summed E-state index contributed by atoms with van der Waals surface area (Å²) in [5.74, 6) is -0.682. The second kappa shape index (κ2) is 6.69. The number of halogens is 1. The number of non-ortho nitro benzene ring substituents is 1. The minimum Gasteiger partial charge on any atom is -0.359 e. The minimum atomic E-state index is -0.598. The standard InChI is InChI=1S/C11H12ClN3O4/c1-13-10(16)4-5-14-11(17)8-3-2-7(15(18)19)6-9(8)12/h2-3,6H,4-5H2,1H3,(H,13,16)(H,14,17). The third kappa shape index (κ3) is 4.22. The van der Waals surface area contributed by atoms with Gasteiger partial charge in [-0.1, -0.05) is 11.6 Å². The molecule has 0 aliphatic carbocycles. The zero-order valence-electron chi connectivity index (χ0n) is 10.1. The molecule has 19 heavy (non-hydrogen) atoms. The summed E-state index contributed by atoms with van der Waals surface area (Å²) in [4.78, 5) is 32.6. The van der Waals surface area contributed by atoms with Crippen molar-refractivity contribution in [2.45, 2.75) is 6.42 Å². The van der Waals surface area contributed by atoms with Crippen LogP contribution >= 0.6 is 11.6 Å². The molecule has 0 radical (unpaired) electrons. The highest BCUT2D eigenvalue weighted by atomic mass is 35.5. The first-order valence-electron chi connectivity index (χ1n) is 5.38. The maximum Gasteiger partial charge on any atom is 0.270 e. The Morgan fingerprint density at radius 1 is 1.42 bits per heavy atom. The normalized spacial score (nSPS) is 9.79. The van der Waals surface area contributed by atoms with Crippen LogP contribution in [0, 0.1) is 10.1 Å². The predicted molar refractivity (Wildman–Crippen MR) is 69.1 cm³/mol. The summed E-state index contributed by atoms with van der Waals surface area (Å²) >= 11 is 5.79. The molecule has 0 aliphatic heterocycles. The number of hydrogen-bond donors (Lipinski definition) is 2. The molecule has 0 heterocycles. The molecule has 0 aromatic heterocycles. The largest absolute Gasteiger partial charge is 0.359 e. The Bertz CT molecular complexity index is 519. The van der Waals surface area contributed by atoms with Crippen LogP contribution in [0.5, 0.6) is 0 Å². The number of amides is 2. The Balaban J connectivity index is 2.67. The number of nitrogens with one attached hydrogen (secondary N) is 2. The van der Waals surface area contributed by atoms with Crippen molar-refractivity contribution in [3.63, 3.8) is 0 Å². The molecule has 1 aromatic carbocycles. The van der Waals surface area contributed by atoms with Crippen LogP contribution in [-0.4, -0.2) is 30.3 Å². The van der Waals surface area contributed by atoms with Gasteiger partial charge in [0.05, 0.1) is 15.5 Å². The maximum atomic E-state index is 11.7. The van der Waals surface area contributed by atoms with Gasteiger partial charge in [0.2, 0.25) is 5.91 Å². The summed E-state index contributed by atoms with van der Waals surface area (Å²) in [6.07, 6.45) is 0.146. The summed E-state index contributed by atoms with van der Waals surface area (Å²) < 4.78 is 0. The van der Waals surface area contributed by atoms with E-state index in [4.69, 9.17) is 11.6 Å². The van der Waals surface area contributed by atoms with Gasteiger partial charge in [0.15, 0.2) is 0 Å². The molecule has 7 nitrogen and oxygen atoms in total. The Morgan fingerprint density at radius 3 is 2.63 bits per heavy atom. The highest BCUT2D eigenvalue weighted by molar-refractivity contribution is 6.34.